The van der Waals surface area contributed by atoms with E-state index >= 15 is 0 Å². The second-order valence-corrected chi connectivity index (χ2v) is 5.35. The van der Waals surface area contributed by atoms with Crippen molar-refractivity contribution < 1.29 is 9.90 Å². The molecule has 2 rings (SSSR count). The van der Waals surface area contributed by atoms with E-state index in [1.807, 2.05) is 6.92 Å². The highest BCUT2D eigenvalue weighted by Gasteiger charge is 2.21. The molecule has 0 spiro atoms. The molecule has 0 bridgehead atoms. The molecule has 0 aliphatic carbocycles. The smallest absolute Gasteiger partial charge is 0.338 e. The molecule has 0 saturated heterocycles. The van der Waals surface area contributed by atoms with Crippen LogP contribution in [0.1, 0.15) is 29.4 Å². The van der Waals surface area contributed by atoms with Crippen LogP contribution in [-0.2, 0) is 11.9 Å². The Hall–Kier alpha value is -1.33. The molecule has 2 aromatic rings. The van der Waals surface area contributed by atoms with Gasteiger partial charge in [0.25, 0.3) is 5.56 Å². The Kier molecular flexibility index (Phi) is 4.50. The first-order valence-electron chi connectivity index (χ1n) is 6.16. The van der Waals surface area contributed by atoms with Gasteiger partial charge >= 0.3 is 5.97 Å². The molecule has 1 heterocycles. The zero-order valence-corrected chi connectivity index (χ0v) is 13.2. The average molecular weight is 359 g/mol. The van der Waals surface area contributed by atoms with Crippen LogP contribution in [0.2, 0.25) is 5.02 Å². The molecule has 0 amide bonds. The number of aromatic carboxylic acids is 1. The number of benzene rings is 1. The fraction of sp³-hybridized carbons (Fsp3) is 0.286. The van der Waals surface area contributed by atoms with Crippen LogP contribution in [-0.4, -0.2) is 15.6 Å². The number of carbonyl (C=O) groups is 1. The minimum Gasteiger partial charge on any atom is -0.478 e. The van der Waals surface area contributed by atoms with E-state index in [4.69, 9.17) is 11.6 Å². The van der Waals surface area contributed by atoms with Crippen molar-refractivity contribution in [2.45, 2.75) is 25.2 Å². The summed E-state index contributed by atoms with van der Waals surface area (Å²) in [6.07, 6.45) is 0.731. The first-order valence-corrected chi connectivity index (χ1v) is 7.66. The molecule has 1 N–H and O–H groups in total. The molecule has 0 aliphatic rings. The standard InChI is InChI=1S/C14H13BrClNO3/c1-2-6-17-10(7-15)12(14(19)20)8-4-3-5-9(16)11(8)13(17)18/h3-5H,2,6-7H2,1H3,(H,19,20). The van der Waals surface area contributed by atoms with Crippen LogP contribution in [0, 0.1) is 0 Å². The minimum absolute atomic E-state index is 0.132. The van der Waals surface area contributed by atoms with E-state index in [2.05, 4.69) is 15.9 Å². The van der Waals surface area contributed by atoms with Crippen molar-refractivity contribution in [3.63, 3.8) is 0 Å². The molecule has 0 atom stereocenters. The summed E-state index contributed by atoms with van der Waals surface area (Å²) in [6.45, 7) is 2.39. The van der Waals surface area contributed by atoms with E-state index in [0.717, 1.165) is 6.42 Å². The third kappa shape index (κ3) is 2.36. The maximum absolute atomic E-state index is 12.6. The zero-order chi connectivity index (χ0) is 14.9. The molecule has 20 heavy (non-hydrogen) atoms. The third-order valence-electron chi connectivity index (χ3n) is 3.14. The molecule has 0 aliphatic heterocycles. The predicted molar refractivity (Wildman–Crippen MR) is 83.1 cm³/mol. The highest BCUT2D eigenvalue weighted by molar-refractivity contribution is 9.08. The minimum atomic E-state index is -1.06. The summed E-state index contributed by atoms with van der Waals surface area (Å²) in [5, 5.41) is 10.7. The van der Waals surface area contributed by atoms with Gasteiger partial charge in [-0.05, 0) is 12.5 Å². The van der Waals surface area contributed by atoms with Crippen molar-refractivity contribution in [3.05, 3.63) is 44.8 Å². The van der Waals surface area contributed by atoms with E-state index in [0.29, 0.717) is 23.0 Å². The maximum atomic E-state index is 12.6. The van der Waals surface area contributed by atoms with Crippen molar-refractivity contribution in [1.29, 1.82) is 0 Å². The summed E-state index contributed by atoms with van der Waals surface area (Å²) in [7, 11) is 0. The zero-order valence-electron chi connectivity index (χ0n) is 10.8. The normalized spacial score (nSPS) is 10.9. The fourth-order valence-corrected chi connectivity index (χ4v) is 3.17. The van der Waals surface area contributed by atoms with Crippen LogP contribution in [0.4, 0.5) is 0 Å². The molecule has 0 radical (unpaired) electrons. The van der Waals surface area contributed by atoms with E-state index in [1.54, 1.807) is 18.2 Å². The van der Waals surface area contributed by atoms with E-state index in [1.165, 1.54) is 4.57 Å². The molecule has 4 nitrogen and oxygen atoms in total. The van der Waals surface area contributed by atoms with Crippen molar-refractivity contribution in [2.24, 2.45) is 0 Å². The average Bonchev–Trinajstić information content (AvgIpc) is 2.40. The number of pyridine rings is 1. The van der Waals surface area contributed by atoms with Crippen molar-refractivity contribution >= 4 is 44.3 Å². The second-order valence-electron chi connectivity index (χ2n) is 4.38. The lowest BCUT2D eigenvalue weighted by Gasteiger charge is -2.16. The fourth-order valence-electron chi connectivity index (χ4n) is 2.34. The summed E-state index contributed by atoms with van der Waals surface area (Å²) in [5.41, 5.74) is 0.360. The maximum Gasteiger partial charge on any atom is 0.338 e. The summed E-state index contributed by atoms with van der Waals surface area (Å²) in [4.78, 5) is 24.2. The van der Waals surface area contributed by atoms with Crippen LogP contribution in [0.25, 0.3) is 10.8 Å². The van der Waals surface area contributed by atoms with Crippen LogP contribution in [0.5, 0.6) is 0 Å². The van der Waals surface area contributed by atoms with Crippen molar-refractivity contribution in [1.82, 2.24) is 4.57 Å². The monoisotopic (exact) mass is 357 g/mol. The summed E-state index contributed by atoms with van der Waals surface area (Å²) < 4.78 is 1.49. The number of carboxylic acids is 1. The van der Waals surface area contributed by atoms with Gasteiger partial charge in [-0.3, -0.25) is 4.79 Å². The van der Waals surface area contributed by atoms with Crippen LogP contribution >= 0.6 is 27.5 Å². The molecular weight excluding hydrogens is 346 g/mol. The first kappa shape index (κ1) is 15.1. The molecule has 1 aromatic carbocycles. The number of hydrogen-bond donors (Lipinski definition) is 1. The molecule has 106 valence electrons. The number of rotatable bonds is 4. The molecular formula is C14H13BrClNO3. The summed E-state index contributed by atoms with van der Waals surface area (Å²) in [5.74, 6) is -1.06. The second kappa shape index (κ2) is 5.97. The van der Waals surface area contributed by atoms with E-state index < -0.39 is 5.97 Å². The molecule has 0 fully saturated rings. The van der Waals surface area contributed by atoms with Crippen LogP contribution in [0.15, 0.2) is 23.0 Å². The SMILES string of the molecule is CCCn1c(CBr)c(C(=O)O)c2cccc(Cl)c2c1=O. The number of halogens is 2. The topological polar surface area (TPSA) is 59.3 Å². The quantitative estimate of drug-likeness (QED) is 0.849. The van der Waals surface area contributed by atoms with Crippen LogP contribution in [0.3, 0.4) is 0 Å². The van der Waals surface area contributed by atoms with Gasteiger partial charge in [0.2, 0.25) is 0 Å². The third-order valence-corrected chi connectivity index (χ3v) is 3.99. The Balaban J connectivity index is 3.06. The Morgan fingerprint density at radius 3 is 2.70 bits per heavy atom. The lowest BCUT2D eigenvalue weighted by molar-refractivity contribution is 0.0697. The van der Waals surface area contributed by atoms with Gasteiger partial charge in [0.05, 0.1) is 16.0 Å². The number of alkyl halides is 1. The van der Waals surface area contributed by atoms with Gasteiger partial charge in [0, 0.05) is 23.0 Å². The van der Waals surface area contributed by atoms with Gasteiger partial charge in [-0.15, -0.1) is 0 Å². The predicted octanol–water partition coefficient (Wildman–Crippen LogP) is 3.66. The Morgan fingerprint density at radius 2 is 2.15 bits per heavy atom. The number of nitrogens with zero attached hydrogens (tertiary/aromatic N) is 1. The summed E-state index contributed by atoms with van der Waals surface area (Å²) >= 11 is 9.37. The van der Waals surface area contributed by atoms with Gasteiger partial charge < -0.3 is 9.67 Å². The Bertz CT molecular complexity index is 739. The Morgan fingerprint density at radius 1 is 1.45 bits per heavy atom. The van der Waals surface area contributed by atoms with Gasteiger partial charge in [0.1, 0.15) is 0 Å². The number of carboxylic acid groups (broad SMARTS) is 1. The van der Waals surface area contributed by atoms with Gasteiger partial charge in [0.15, 0.2) is 0 Å². The molecule has 0 unspecified atom stereocenters. The van der Waals surface area contributed by atoms with Gasteiger partial charge in [-0.1, -0.05) is 46.6 Å². The lowest BCUT2D eigenvalue weighted by atomic mass is 10.0. The van der Waals surface area contributed by atoms with Gasteiger partial charge in [-0.25, -0.2) is 4.79 Å². The van der Waals surface area contributed by atoms with Crippen molar-refractivity contribution in [3.8, 4) is 0 Å². The highest BCUT2D eigenvalue weighted by Crippen LogP contribution is 2.26. The first-order chi connectivity index (χ1) is 9.52. The lowest BCUT2D eigenvalue weighted by Crippen LogP contribution is -2.26. The number of fused-ring (bicyclic) bond motifs is 1. The van der Waals surface area contributed by atoms with Crippen molar-refractivity contribution in [2.75, 3.05) is 0 Å². The molecule has 6 heteroatoms. The largest absolute Gasteiger partial charge is 0.478 e. The molecule has 0 saturated carbocycles. The van der Waals surface area contributed by atoms with Crippen LogP contribution < -0.4 is 5.56 Å². The highest BCUT2D eigenvalue weighted by atomic mass is 79.9. The Labute approximate surface area is 129 Å². The number of hydrogen-bond acceptors (Lipinski definition) is 2. The molecule has 1 aromatic heterocycles. The summed E-state index contributed by atoms with van der Waals surface area (Å²) in [6, 6.07) is 4.87. The van der Waals surface area contributed by atoms with E-state index in [-0.39, 0.29) is 21.5 Å². The van der Waals surface area contributed by atoms with Gasteiger partial charge in [-0.2, -0.15) is 0 Å². The van der Waals surface area contributed by atoms with E-state index in [9.17, 15) is 14.7 Å². The number of aromatic nitrogens is 1.